The van der Waals surface area contributed by atoms with Crippen molar-refractivity contribution in [3.05, 3.63) is 42.1 Å². The number of aliphatic hydroxyl groups is 1. The molecule has 13 atom stereocenters. The van der Waals surface area contributed by atoms with Gasteiger partial charge in [-0.05, 0) is 72.2 Å². The van der Waals surface area contributed by atoms with Crippen LogP contribution in [0.15, 0.2) is 41.5 Å². The molecule has 13 nitrogen and oxygen atoms in total. The molecule has 1 N–H and O–H groups in total. The van der Waals surface area contributed by atoms with Gasteiger partial charge in [-0.2, -0.15) is 0 Å². The average molecular weight is 807 g/mol. The number of aromatic nitrogens is 1. The fraction of sp³-hybridized carbons (Fsp3) is 0.659. The number of esters is 1. The van der Waals surface area contributed by atoms with E-state index in [1.807, 2.05) is 64.0 Å². The summed E-state index contributed by atoms with van der Waals surface area (Å²) in [5.74, 6) is 1.00. The standard InChI is InChI=1S/C44H59FN4O9/c1-11-33-43(7)36-27(4)34(46-19-20-49(36)41(53)58-43)25(2)23-42(6,54-10)38(57-39-35(50)32(48(8)9)21-26(3)55-39)28(5)37(51)44(45,40(52)56-33)18-14-15-29-22-30-16-12-13-17-31(30)47-24-29/h12-13,16-17,22,24-28,32-33,35-36,38-39,50H,11,18-21,23H2,1-10H3/t25-,26-,27-,28+,32+,33+,35-,36-,38-,39+,42+,43-,44?/m1/s1. The lowest BCUT2D eigenvalue weighted by molar-refractivity contribution is -0.295. The molecule has 3 fully saturated rings. The van der Waals surface area contributed by atoms with E-state index in [-0.39, 0.29) is 43.4 Å². The van der Waals surface area contributed by atoms with Gasteiger partial charge in [-0.15, -0.1) is 0 Å². The van der Waals surface area contributed by atoms with Crippen LogP contribution < -0.4 is 0 Å². The molecule has 0 spiro atoms. The zero-order chi connectivity index (χ0) is 42.3. The lowest BCUT2D eigenvalue weighted by Crippen LogP contribution is -2.62. The molecule has 316 valence electrons. The number of halogens is 1. The lowest BCUT2D eigenvalue weighted by Gasteiger charge is -2.47. The number of pyridine rings is 1. The molecule has 4 aliphatic rings. The van der Waals surface area contributed by atoms with Gasteiger partial charge >= 0.3 is 12.1 Å². The molecule has 6 rings (SSSR count). The predicted molar refractivity (Wildman–Crippen MR) is 215 cm³/mol. The molecule has 5 heterocycles. The van der Waals surface area contributed by atoms with Crippen molar-refractivity contribution in [2.75, 3.05) is 34.3 Å². The number of amides is 1. The molecule has 0 saturated carbocycles. The summed E-state index contributed by atoms with van der Waals surface area (Å²) in [5.41, 5.74) is -4.07. The number of ether oxygens (including phenoxy) is 5. The summed E-state index contributed by atoms with van der Waals surface area (Å²) in [6, 6.07) is 8.27. The highest BCUT2D eigenvalue weighted by molar-refractivity contribution is 6.08. The number of nitrogens with zero attached hydrogens (tertiary/aromatic N) is 4. The van der Waals surface area contributed by atoms with Crippen molar-refractivity contribution in [3.8, 4) is 11.8 Å². The second-order valence-corrected chi connectivity index (χ2v) is 17.2. The first-order chi connectivity index (χ1) is 27.4. The number of carbonyl (C=O) groups excluding carboxylic acids is 3. The topological polar surface area (TPSA) is 149 Å². The van der Waals surface area contributed by atoms with Crippen LogP contribution in [0.3, 0.4) is 0 Å². The van der Waals surface area contributed by atoms with Gasteiger partial charge in [-0.25, -0.2) is 14.0 Å². The number of likely N-dealkylation sites (N-methyl/N-ethyl adjacent to an activating group) is 1. The molecule has 2 bridgehead atoms. The van der Waals surface area contributed by atoms with Crippen LogP contribution in [0, 0.1) is 29.6 Å². The Balaban J connectivity index is 1.48. The predicted octanol–water partition coefficient (Wildman–Crippen LogP) is 5.14. The van der Waals surface area contributed by atoms with Gasteiger partial charge in [-0.3, -0.25) is 19.7 Å². The molecule has 1 amide bonds. The molecule has 1 aromatic heterocycles. The number of benzene rings is 1. The molecular formula is C44H59FN4O9. The van der Waals surface area contributed by atoms with E-state index in [1.165, 1.54) is 14.0 Å². The summed E-state index contributed by atoms with van der Waals surface area (Å²) in [6.07, 6.45) is -4.07. The minimum absolute atomic E-state index is 0.151. The molecule has 14 heteroatoms. The van der Waals surface area contributed by atoms with Gasteiger partial charge < -0.3 is 33.7 Å². The Morgan fingerprint density at radius 2 is 1.83 bits per heavy atom. The SMILES string of the molecule is CC[C@@H]1OC(=O)C(F)(CC#Cc2cnc3ccccc3c2)C(=O)[C@H](C)[C@@H](O[C@@H]2O[C@H](C)C[C@H](N(C)C)[C@H]2O)[C@@](C)(OC)C[C@@H](C)C2=NCCN3C(=O)O[C@@]1(C)[C@H]3[C@@H]2C. The van der Waals surface area contributed by atoms with Gasteiger partial charge in [0.1, 0.15) is 12.2 Å². The quantitative estimate of drug-likeness (QED) is 0.235. The third-order valence-corrected chi connectivity index (χ3v) is 12.9. The zero-order valence-corrected chi connectivity index (χ0v) is 35.4. The number of alkyl halides is 1. The summed E-state index contributed by atoms with van der Waals surface area (Å²) in [6.45, 7) is 13.1. The van der Waals surface area contributed by atoms with Gasteiger partial charge in [0.05, 0.1) is 42.3 Å². The molecule has 4 aliphatic heterocycles. The Bertz CT molecular complexity index is 1970. The first-order valence-electron chi connectivity index (χ1n) is 20.4. The van der Waals surface area contributed by atoms with Crippen LogP contribution in [0.1, 0.15) is 79.7 Å². The van der Waals surface area contributed by atoms with Gasteiger partial charge in [-0.1, -0.05) is 57.7 Å². The van der Waals surface area contributed by atoms with Crippen molar-refractivity contribution >= 4 is 34.5 Å². The van der Waals surface area contributed by atoms with Gasteiger partial charge in [0.2, 0.25) is 0 Å². The van der Waals surface area contributed by atoms with E-state index in [1.54, 1.807) is 37.9 Å². The van der Waals surface area contributed by atoms with Crippen molar-refractivity contribution in [1.82, 2.24) is 14.8 Å². The number of carbonyl (C=O) groups is 3. The van der Waals surface area contributed by atoms with Crippen LogP contribution in [0.2, 0.25) is 0 Å². The number of hydrogen-bond donors (Lipinski definition) is 1. The zero-order valence-electron chi connectivity index (χ0n) is 35.4. The van der Waals surface area contributed by atoms with Gasteiger partial charge in [0, 0.05) is 54.4 Å². The van der Waals surface area contributed by atoms with E-state index in [2.05, 4.69) is 16.8 Å². The Labute approximate surface area is 341 Å². The van der Waals surface area contributed by atoms with E-state index in [0.717, 1.165) is 16.6 Å². The molecule has 58 heavy (non-hydrogen) atoms. The van der Waals surface area contributed by atoms with Crippen LogP contribution in [-0.4, -0.2) is 137 Å². The molecule has 1 unspecified atom stereocenters. The second kappa shape index (κ2) is 16.9. The highest BCUT2D eigenvalue weighted by atomic mass is 19.1. The van der Waals surface area contributed by atoms with Crippen LogP contribution >= 0.6 is 0 Å². The maximum Gasteiger partial charge on any atom is 0.410 e. The first-order valence-corrected chi connectivity index (χ1v) is 20.4. The minimum atomic E-state index is -3.32. The normalized spacial score (nSPS) is 38.6. The summed E-state index contributed by atoms with van der Waals surface area (Å²) in [7, 11) is 5.19. The Morgan fingerprint density at radius 1 is 1.10 bits per heavy atom. The maximum atomic E-state index is 18.1. The largest absolute Gasteiger partial charge is 0.455 e. The van der Waals surface area contributed by atoms with E-state index in [9.17, 15) is 19.5 Å². The van der Waals surface area contributed by atoms with Crippen molar-refractivity contribution in [3.63, 3.8) is 0 Å². The smallest absolute Gasteiger partial charge is 0.410 e. The van der Waals surface area contributed by atoms with Crippen molar-refractivity contribution in [2.45, 2.75) is 134 Å². The molecule has 1 aromatic carbocycles. The van der Waals surface area contributed by atoms with Crippen molar-refractivity contribution < 1.29 is 47.6 Å². The second-order valence-electron chi connectivity index (χ2n) is 17.2. The third-order valence-electron chi connectivity index (χ3n) is 12.9. The van der Waals surface area contributed by atoms with Gasteiger partial charge in [0.15, 0.2) is 17.7 Å². The molecule has 3 saturated heterocycles. The Kier molecular flexibility index (Phi) is 12.7. The Morgan fingerprint density at radius 3 is 2.52 bits per heavy atom. The van der Waals surface area contributed by atoms with Crippen LogP contribution in [0.4, 0.5) is 9.18 Å². The number of fused-ring (bicyclic) bond motifs is 2. The number of hydrogen-bond acceptors (Lipinski definition) is 12. The fourth-order valence-corrected chi connectivity index (χ4v) is 9.79. The number of rotatable bonds is 6. The van der Waals surface area contributed by atoms with Crippen LogP contribution in [-0.2, 0) is 33.3 Å². The number of aliphatic hydroxyl groups excluding tert-OH is 1. The highest BCUT2D eigenvalue weighted by Crippen LogP contribution is 2.45. The summed E-state index contributed by atoms with van der Waals surface area (Å²) in [4.78, 5) is 56.0. The van der Waals surface area contributed by atoms with Crippen molar-refractivity contribution in [1.29, 1.82) is 0 Å². The number of ketones is 1. The molecule has 0 radical (unpaired) electrons. The average Bonchev–Trinajstić information content (AvgIpc) is 3.31. The fourth-order valence-electron chi connectivity index (χ4n) is 9.79. The number of methoxy groups -OCH3 is 1. The highest BCUT2D eigenvalue weighted by Gasteiger charge is 2.62. The Hall–Kier alpha value is -4.00. The lowest BCUT2D eigenvalue weighted by atomic mass is 9.72. The third kappa shape index (κ3) is 8.00. The first kappa shape index (κ1) is 43.6. The number of aliphatic imine (C=N–C) groups is 1. The van der Waals surface area contributed by atoms with E-state index >= 15 is 4.39 Å². The van der Waals surface area contributed by atoms with Crippen molar-refractivity contribution in [2.24, 2.45) is 22.7 Å². The molecule has 2 aromatic rings. The van der Waals surface area contributed by atoms with E-state index < -0.39 is 77.7 Å². The summed E-state index contributed by atoms with van der Waals surface area (Å²) in [5, 5.41) is 12.4. The monoisotopic (exact) mass is 806 g/mol. The van der Waals surface area contributed by atoms with Crippen LogP contribution in [0.25, 0.3) is 10.9 Å². The summed E-state index contributed by atoms with van der Waals surface area (Å²) < 4.78 is 49.4. The van der Waals surface area contributed by atoms with E-state index in [4.69, 9.17) is 28.7 Å². The molecule has 0 aliphatic carbocycles. The number of cyclic esters (lactones) is 1. The molecular weight excluding hydrogens is 748 g/mol. The van der Waals surface area contributed by atoms with Gasteiger partial charge in [0.25, 0.3) is 5.67 Å². The van der Waals surface area contributed by atoms with E-state index in [0.29, 0.717) is 18.5 Å². The van der Waals surface area contributed by atoms with Crippen LogP contribution in [0.5, 0.6) is 0 Å². The maximum absolute atomic E-state index is 18.1. The minimum Gasteiger partial charge on any atom is -0.455 e. The number of Topliss-reactive ketones (excluding diaryl/α,β-unsaturated/α-hetero) is 1. The summed E-state index contributed by atoms with van der Waals surface area (Å²) >= 11 is 0. The number of para-hydroxylation sites is 1.